The molecule has 0 aliphatic heterocycles. The maximum atomic E-state index is 12.6. The summed E-state index contributed by atoms with van der Waals surface area (Å²) in [4.78, 5) is 12.2. The number of anilines is 2. The second-order valence-corrected chi connectivity index (χ2v) is 9.35. The minimum absolute atomic E-state index is 0.0264. The number of aromatic nitrogens is 1. The Morgan fingerprint density at radius 1 is 1.13 bits per heavy atom. The number of hydrogen-bond acceptors (Lipinski definition) is 5. The number of benzene rings is 2. The van der Waals surface area contributed by atoms with Gasteiger partial charge in [0.2, 0.25) is 5.91 Å². The van der Waals surface area contributed by atoms with Crippen LogP contribution in [0.1, 0.15) is 29.9 Å². The standard InChI is InChI=1S/C22H20ClN3O4S/c1-14-21(24-22(27)16-9-10-16)20(30-25-14)13-8-15-6-11-17(12-7-15)31(28,29)26-19-5-3-2-4-18(19)23/h2-8,11-13,16,26H,9-10H2,1H3,(H,24,27). The molecule has 9 heteroatoms. The quantitative estimate of drug-likeness (QED) is 0.522. The molecule has 0 bridgehead atoms. The normalized spacial score (nSPS) is 14.0. The van der Waals surface area contributed by atoms with Crippen LogP contribution >= 0.6 is 11.6 Å². The zero-order valence-corrected chi connectivity index (χ0v) is 18.2. The van der Waals surface area contributed by atoms with E-state index in [4.69, 9.17) is 16.1 Å². The number of nitrogens with one attached hydrogen (secondary N) is 2. The maximum Gasteiger partial charge on any atom is 0.261 e. The number of carbonyl (C=O) groups excluding carboxylic acids is 1. The molecule has 1 aliphatic rings. The minimum atomic E-state index is -3.77. The van der Waals surface area contributed by atoms with E-state index in [9.17, 15) is 13.2 Å². The van der Waals surface area contributed by atoms with E-state index in [2.05, 4.69) is 15.2 Å². The molecule has 2 aromatic carbocycles. The molecule has 7 nitrogen and oxygen atoms in total. The van der Waals surface area contributed by atoms with E-state index in [1.807, 2.05) is 0 Å². The third-order valence-corrected chi connectivity index (χ3v) is 6.53. The second kappa shape index (κ2) is 8.56. The van der Waals surface area contributed by atoms with Gasteiger partial charge in [0.05, 0.1) is 15.6 Å². The highest BCUT2D eigenvalue weighted by molar-refractivity contribution is 7.92. The lowest BCUT2D eigenvalue weighted by Gasteiger charge is -2.09. The molecule has 3 aromatic rings. The molecule has 160 valence electrons. The largest absolute Gasteiger partial charge is 0.354 e. The molecule has 31 heavy (non-hydrogen) atoms. The Bertz CT molecular complexity index is 1250. The first-order valence-electron chi connectivity index (χ1n) is 9.66. The minimum Gasteiger partial charge on any atom is -0.354 e. The Hall–Kier alpha value is -3.10. The number of amides is 1. The summed E-state index contributed by atoms with van der Waals surface area (Å²) in [6.45, 7) is 1.76. The molecule has 0 saturated heterocycles. The summed E-state index contributed by atoms with van der Waals surface area (Å²) in [5.74, 6) is 0.477. The van der Waals surface area contributed by atoms with Gasteiger partial charge in [0.15, 0.2) is 5.76 Å². The molecule has 2 N–H and O–H groups in total. The Balaban J connectivity index is 1.48. The van der Waals surface area contributed by atoms with E-state index < -0.39 is 10.0 Å². The number of carbonyl (C=O) groups is 1. The highest BCUT2D eigenvalue weighted by Crippen LogP contribution is 2.32. The molecule has 0 atom stereocenters. The van der Waals surface area contributed by atoms with E-state index in [1.165, 1.54) is 12.1 Å². The van der Waals surface area contributed by atoms with Crippen molar-refractivity contribution in [2.24, 2.45) is 5.92 Å². The fourth-order valence-electron chi connectivity index (χ4n) is 2.90. The zero-order valence-electron chi connectivity index (χ0n) is 16.6. The van der Waals surface area contributed by atoms with Gasteiger partial charge in [0, 0.05) is 5.92 Å². The van der Waals surface area contributed by atoms with Gasteiger partial charge in [-0.25, -0.2) is 8.42 Å². The first-order chi connectivity index (χ1) is 14.8. The monoisotopic (exact) mass is 457 g/mol. The summed E-state index contributed by atoms with van der Waals surface area (Å²) >= 11 is 6.03. The summed E-state index contributed by atoms with van der Waals surface area (Å²) in [6.07, 6.45) is 5.25. The van der Waals surface area contributed by atoms with Crippen molar-refractivity contribution >= 4 is 51.1 Å². The van der Waals surface area contributed by atoms with Gasteiger partial charge in [-0.2, -0.15) is 0 Å². The summed E-state index contributed by atoms with van der Waals surface area (Å²) < 4.78 is 33.0. The predicted molar refractivity (Wildman–Crippen MR) is 120 cm³/mol. The molecule has 1 aliphatic carbocycles. The first kappa shape index (κ1) is 21.1. The summed E-state index contributed by atoms with van der Waals surface area (Å²) in [7, 11) is -3.77. The SMILES string of the molecule is Cc1noc(C=Cc2ccc(S(=O)(=O)Nc3ccccc3Cl)cc2)c1NC(=O)C1CC1. The van der Waals surface area contributed by atoms with Crippen molar-refractivity contribution in [2.45, 2.75) is 24.7 Å². The van der Waals surface area contributed by atoms with E-state index in [0.717, 1.165) is 18.4 Å². The lowest BCUT2D eigenvalue weighted by atomic mass is 10.2. The number of nitrogens with zero attached hydrogens (tertiary/aromatic N) is 1. The zero-order chi connectivity index (χ0) is 22.0. The van der Waals surface area contributed by atoms with Crippen LogP contribution in [0.25, 0.3) is 12.2 Å². The Morgan fingerprint density at radius 2 is 1.84 bits per heavy atom. The topological polar surface area (TPSA) is 101 Å². The Morgan fingerprint density at radius 3 is 2.52 bits per heavy atom. The maximum absolute atomic E-state index is 12.6. The summed E-state index contributed by atoms with van der Waals surface area (Å²) in [5, 5.41) is 7.10. The van der Waals surface area contributed by atoms with Gasteiger partial charge in [-0.1, -0.05) is 47.1 Å². The van der Waals surface area contributed by atoms with Crippen LogP contribution < -0.4 is 10.0 Å². The lowest BCUT2D eigenvalue weighted by Crippen LogP contribution is -2.14. The van der Waals surface area contributed by atoms with Crippen molar-refractivity contribution in [3.63, 3.8) is 0 Å². The van der Waals surface area contributed by atoms with E-state index >= 15 is 0 Å². The van der Waals surface area contributed by atoms with Gasteiger partial charge in [0.1, 0.15) is 11.4 Å². The van der Waals surface area contributed by atoms with Crippen molar-refractivity contribution in [1.29, 1.82) is 0 Å². The van der Waals surface area contributed by atoms with Crippen molar-refractivity contribution < 1.29 is 17.7 Å². The van der Waals surface area contributed by atoms with Gasteiger partial charge in [-0.3, -0.25) is 9.52 Å². The van der Waals surface area contributed by atoms with Crippen molar-refractivity contribution in [3.8, 4) is 0 Å². The van der Waals surface area contributed by atoms with Gasteiger partial charge in [-0.15, -0.1) is 0 Å². The van der Waals surface area contributed by atoms with Crippen LogP contribution in [0.3, 0.4) is 0 Å². The van der Waals surface area contributed by atoms with E-state index in [-0.39, 0.29) is 16.7 Å². The lowest BCUT2D eigenvalue weighted by molar-refractivity contribution is -0.117. The Kier molecular flexibility index (Phi) is 5.84. The van der Waals surface area contributed by atoms with Crippen LogP contribution in [0.2, 0.25) is 5.02 Å². The Labute approximate surface area is 185 Å². The van der Waals surface area contributed by atoms with Crippen LogP contribution in [0.4, 0.5) is 11.4 Å². The van der Waals surface area contributed by atoms with Crippen LogP contribution in [0.15, 0.2) is 57.9 Å². The highest BCUT2D eigenvalue weighted by atomic mass is 35.5. The molecular weight excluding hydrogens is 438 g/mol. The molecule has 1 aromatic heterocycles. The van der Waals surface area contributed by atoms with Crippen molar-refractivity contribution in [3.05, 3.63) is 70.6 Å². The molecule has 1 heterocycles. The molecule has 1 saturated carbocycles. The number of rotatable bonds is 7. The third-order valence-electron chi connectivity index (χ3n) is 4.82. The summed E-state index contributed by atoms with van der Waals surface area (Å²) in [5.41, 5.74) is 2.22. The molecule has 1 amide bonds. The molecule has 1 fully saturated rings. The predicted octanol–water partition coefficient (Wildman–Crippen LogP) is 4.96. The van der Waals surface area contributed by atoms with Crippen LogP contribution in [-0.2, 0) is 14.8 Å². The fraction of sp³-hybridized carbons (Fsp3) is 0.182. The first-order valence-corrected chi connectivity index (χ1v) is 11.5. The highest BCUT2D eigenvalue weighted by Gasteiger charge is 2.30. The van der Waals surface area contributed by atoms with Crippen LogP contribution in [0, 0.1) is 12.8 Å². The number of hydrogen-bond donors (Lipinski definition) is 2. The van der Waals surface area contributed by atoms with Crippen molar-refractivity contribution in [2.75, 3.05) is 10.0 Å². The number of para-hydroxylation sites is 1. The fourth-order valence-corrected chi connectivity index (χ4v) is 4.22. The number of sulfonamides is 1. The smallest absolute Gasteiger partial charge is 0.261 e. The number of halogens is 1. The van der Waals surface area contributed by atoms with Gasteiger partial charge in [0.25, 0.3) is 10.0 Å². The average molecular weight is 458 g/mol. The van der Waals surface area contributed by atoms with E-state index in [0.29, 0.717) is 27.9 Å². The molecular formula is C22H20ClN3O4S. The van der Waals surface area contributed by atoms with Gasteiger partial charge >= 0.3 is 0 Å². The molecule has 0 unspecified atom stereocenters. The van der Waals surface area contributed by atoms with Crippen LogP contribution in [0.5, 0.6) is 0 Å². The molecule has 0 radical (unpaired) electrons. The molecule has 0 spiro atoms. The van der Waals surface area contributed by atoms with Crippen LogP contribution in [-0.4, -0.2) is 19.5 Å². The average Bonchev–Trinajstić information content (AvgIpc) is 3.54. The van der Waals surface area contributed by atoms with E-state index in [1.54, 1.807) is 55.5 Å². The second-order valence-electron chi connectivity index (χ2n) is 7.26. The summed E-state index contributed by atoms with van der Waals surface area (Å²) in [6, 6.07) is 13.0. The van der Waals surface area contributed by atoms with Gasteiger partial charge in [-0.05, 0) is 55.7 Å². The third kappa shape index (κ3) is 4.98. The molecule has 4 rings (SSSR count). The van der Waals surface area contributed by atoms with Gasteiger partial charge < -0.3 is 9.84 Å². The number of aryl methyl sites for hydroxylation is 1. The van der Waals surface area contributed by atoms with Crippen molar-refractivity contribution in [1.82, 2.24) is 5.16 Å².